The summed E-state index contributed by atoms with van der Waals surface area (Å²) in [5, 5.41) is 40.2. The van der Waals surface area contributed by atoms with Crippen LogP contribution in [-0.4, -0.2) is 125 Å². The number of rotatable bonds is 30. The molecule has 4 fully saturated rings. The minimum absolute atomic E-state index is 0. The van der Waals surface area contributed by atoms with Crippen molar-refractivity contribution in [2.45, 2.75) is 164 Å². The molecule has 6 aliphatic rings. The Labute approximate surface area is 662 Å². The summed E-state index contributed by atoms with van der Waals surface area (Å²) >= 11 is 11.8. The van der Waals surface area contributed by atoms with Gasteiger partial charge in [-0.25, -0.2) is 4.79 Å². The zero-order valence-electron chi connectivity index (χ0n) is 59.3. The van der Waals surface area contributed by atoms with E-state index in [-0.39, 0.29) is 55.8 Å². The summed E-state index contributed by atoms with van der Waals surface area (Å²) in [7, 11) is -5.72. The van der Waals surface area contributed by atoms with E-state index in [2.05, 4.69) is 203 Å². The molecular weight excluding hydrogens is 1450 g/mol. The summed E-state index contributed by atoms with van der Waals surface area (Å²) in [4.78, 5) is 29.2. The van der Waals surface area contributed by atoms with Crippen molar-refractivity contribution in [1.82, 2.24) is 21.3 Å². The molecule has 7 atom stereocenters. The van der Waals surface area contributed by atoms with Crippen LogP contribution in [0.3, 0.4) is 0 Å². The number of nitrogens with one attached hydrogen (secondary N) is 4. The maximum Gasteiger partial charge on any atom is 1.00 e. The van der Waals surface area contributed by atoms with Gasteiger partial charge in [0.1, 0.15) is 5.78 Å². The molecule has 6 aromatic carbocycles. The van der Waals surface area contributed by atoms with Crippen molar-refractivity contribution in [2.75, 3.05) is 50.9 Å². The zero-order chi connectivity index (χ0) is 71.9. The Bertz CT molecular complexity index is 3660. The molecule has 6 aliphatic heterocycles. The minimum Gasteiger partial charge on any atom is -0.439 e. The van der Waals surface area contributed by atoms with Gasteiger partial charge in [0, 0.05) is 147 Å². The number of nitrogens with two attached hydrogens (primary N) is 1. The molecule has 103 heavy (non-hydrogen) atoms. The number of anilines is 4. The molecule has 0 spiro atoms. The molecule has 4 saturated heterocycles. The number of hydrogen-bond acceptors (Lipinski definition) is 22. The Morgan fingerprint density at radius 2 is 0.913 bits per heavy atom. The Morgan fingerprint density at radius 1 is 0.524 bits per heavy atom. The van der Waals surface area contributed by atoms with E-state index in [0.29, 0.717) is 47.6 Å². The number of amides is 2. The van der Waals surface area contributed by atoms with Crippen molar-refractivity contribution in [1.29, 1.82) is 0 Å². The smallest absolute Gasteiger partial charge is 0.439 e. The second-order valence-corrected chi connectivity index (χ2v) is 33.2. The van der Waals surface area contributed by atoms with Crippen LogP contribution in [-0.2, 0) is 56.7 Å². The Balaban J connectivity index is 0.000000250. The number of unbranched alkanes of at least 4 members (excludes halogenated alkanes) is 3. The fourth-order valence-electron chi connectivity index (χ4n) is 13.0. The first-order valence-electron chi connectivity index (χ1n) is 34.7. The molecule has 18 nitrogen and oxygen atoms in total. The molecule has 6 heterocycles. The number of fused-ring (bicyclic) bond motifs is 6. The van der Waals surface area contributed by atoms with E-state index >= 15 is 0 Å². The monoisotopic (exact) mass is 1540 g/mol. The SMILES string of the molecule is CCCSC(SCCCCC(=O)CCCC[C@H]1SC[C@H]2NC(=O)N[C@H]21)=C1c2ccccc2N(Cc2ccccc2)c2ccccc21.CCCSC(SCCCN)=C1c2ccccc2N(Cc2ccccc2)c2ccccc21.O=[S-](=O)O.O=[S-](=O)O.OC(O)CCCC[C@H]1SC[C@H]2N[C@H](O)N[C@H]21.[Li+].[Li+]. The summed E-state index contributed by atoms with van der Waals surface area (Å²) in [6.07, 6.45) is 11.4. The van der Waals surface area contributed by atoms with Crippen LogP contribution in [0.15, 0.2) is 166 Å². The number of thioether (sulfide) groups is 6. The number of aliphatic hydroxyl groups is 3. The van der Waals surface area contributed by atoms with E-state index < -0.39 is 34.6 Å². The van der Waals surface area contributed by atoms with Crippen molar-refractivity contribution in [2.24, 2.45) is 5.73 Å². The van der Waals surface area contributed by atoms with Crippen LogP contribution >= 0.6 is 70.6 Å². The van der Waals surface area contributed by atoms with Crippen LogP contribution in [0.5, 0.6) is 0 Å². The third-order valence-corrected chi connectivity index (χ3v) is 26.1. The number of benzene rings is 6. The summed E-state index contributed by atoms with van der Waals surface area (Å²) in [5.74, 6) is 6.73. The van der Waals surface area contributed by atoms with E-state index in [1.54, 1.807) is 0 Å². The molecular formula is C75H97Li2N7O11S8. The number of urea groups is 1. The number of Topliss-reactive ketones (excluding diaryl/α,β-unsaturated/α-hetero) is 1. The van der Waals surface area contributed by atoms with E-state index in [0.717, 1.165) is 118 Å². The van der Waals surface area contributed by atoms with Gasteiger partial charge in [-0.15, -0.1) is 47.0 Å². The summed E-state index contributed by atoms with van der Waals surface area (Å²) in [6.45, 7) is 6.94. The maximum absolute atomic E-state index is 12.7. The largest absolute Gasteiger partial charge is 1.00 e. The number of hydrogen-bond donors (Lipinski definition) is 10. The van der Waals surface area contributed by atoms with Gasteiger partial charge in [-0.1, -0.05) is 160 Å². The summed E-state index contributed by atoms with van der Waals surface area (Å²) in [5.41, 5.74) is 21.5. The van der Waals surface area contributed by atoms with Gasteiger partial charge < -0.3 is 67.4 Å². The quantitative estimate of drug-likeness (QED) is 0.00382. The van der Waals surface area contributed by atoms with Gasteiger partial charge in [0.2, 0.25) is 0 Å². The van der Waals surface area contributed by atoms with E-state index in [1.165, 1.54) is 82.2 Å². The Hall–Kier alpha value is -3.79. The molecule has 0 aliphatic carbocycles. The molecule has 0 aromatic heterocycles. The third-order valence-electron chi connectivity index (χ3n) is 17.6. The number of ketones is 1. The van der Waals surface area contributed by atoms with Crippen LogP contribution in [0.25, 0.3) is 11.1 Å². The van der Waals surface area contributed by atoms with E-state index in [1.807, 2.05) is 70.6 Å². The third kappa shape index (κ3) is 27.7. The zero-order valence-corrected chi connectivity index (χ0v) is 65.8. The van der Waals surface area contributed by atoms with Crippen molar-refractivity contribution >= 4 is 138 Å². The first-order valence-corrected chi connectivity index (χ1v) is 42.8. The predicted octanol–water partition coefficient (Wildman–Crippen LogP) is 9.40. The van der Waals surface area contributed by atoms with Gasteiger partial charge in [-0.2, -0.15) is 23.5 Å². The first kappa shape index (κ1) is 88.1. The van der Waals surface area contributed by atoms with Crippen LogP contribution < -0.4 is 74.5 Å². The minimum atomic E-state index is -2.86. The van der Waals surface area contributed by atoms with Gasteiger partial charge in [0.05, 0.1) is 12.1 Å². The standard InChI is InChI=1S/C38H45N3O2S3.C27H30N2S2.C10H20N2O3S.2Li.2HO3S/c1-2-23-44-37(45-24-13-12-17-28(42)16-6-11-22-34-36-31(26-46-34)39-38(43)40-36)35-29-18-7-9-20-32(29)41(25-27-14-4-3-5-15-27)33-21-10-8-19-30(33)35;1-2-18-30-27(31-19-10-17-28)26-22-13-6-8-15-24(22)29(20-21-11-4-3-5-12-21)25-16-9-7-14-23(25)26;13-8(14)4-2-1-3-7-9-6(5-16-7)11-10(15)12-9;;;2*1-4(2)3/h3-5,7-10,14-15,18-21,31,34,36H,2,6,11-13,16-17,22-26H2,1H3,(H2,39,40,43);3-9,11-16H,2,10,17-20,28H2,1H3;6-15H,1-5H2;;;2*(H,1,2,3)/q;;;2*+1;2*-1/t31-,34-,36-;;6-,7-,9-,10+;;;;/m1.1..../s1. The number of para-hydroxylation sites is 4. The molecule has 548 valence electrons. The number of carbonyl (C=O) groups is 2. The molecule has 28 heteroatoms. The van der Waals surface area contributed by atoms with Crippen molar-refractivity contribution < 1.29 is 88.6 Å². The van der Waals surface area contributed by atoms with Gasteiger partial charge >= 0.3 is 43.8 Å². The van der Waals surface area contributed by atoms with Crippen LogP contribution in [0.4, 0.5) is 27.5 Å². The number of aliphatic hydroxyl groups excluding tert-OH is 2. The van der Waals surface area contributed by atoms with Crippen molar-refractivity contribution in [3.63, 3.8) is 0 Å². The Kier molecular flexibility index (Phi) is 41.0. The maximum atomic E-state index is 12.7. The second-order valence-electron chi connectivity index (χ2n) is 24.9. The fraction of sp³-hybridized carbons (Fsp3) is 0.440. The molecule has 0 saturated carbocycles. The normalized spacial score (nSPS) is 19.1. The van der Waals surface area contributed by atoms with Crippen LogP contribution in [0.1, 0.15) is 137 Å². The number of nitrogens with zero attached hydrogens (tertiary/aromatic N) is 2. The topological polar surface area (TPSA) is 284 Å². The average Bonchev–Trinajstić information content (AvgIpc) is 1.57. The van der Waals surface area contributed by atoms with Gasteiger partial charge in [-0.3, -0.25) is 15.4 Å². The van der Waals surface area contributed by atoms with Crippen LogP contribution in [0, 0.1) is 0 Å². The fourth-order valence-corrected chi connectivity index (χ4v) is 21.1. The molecule has 0 radical (unpaired) electrons. The van der Waals surface area contributed by atoms with Gasteiger partial charge in [0.25, 0.3) is 0 Å². The molecule has 12 rings (SSSR count). The van der Waals surface area contributed by atoms with E-state index in [4.69, 9.17) is 41.9 Å². The van der Waals surface area contributed by atoms with Gasteiger partial charge in [0.15, 0.2) is 12.6 Å². The molecule has 0 unspecified atom stereocenters. The molecule has 11 N–H and O–H groups in total. The van der Waals surface area contributed by atoms with Crippen molar-refractivity contribution in [3.8, 4) is 0 Å². The predicted molar refractivity (Wildman–Crippen MR) is 425 cm³/mol. The molecule has 2 amide bonds. The van der Waals surface area contributed by atoms with Crippen LogP contribution in [0.2, 0.25) is 0 Å². The molecule has 0 bridgehead atoms. The number of carbonyl (C=O) groups excluding carboxylic acids is 2. The average molecular weight is 1540 g/mol. The first-order chi connectivity index (χ1) is 49.1. The summed E-state index contributed by atoms with van der Waals surface area (Å²) < 4.78 is 51.0. The van der Waals surface area contributed by atoms with E-state index in [9.17, 15) is 14.7 Å². The molecule has 6 aromatic rings. The van der Waals surface area contributed by atoms with Gasteiger partial charge in [-0.05, 0) is 129 Å². The Morgan fingerprint density at radius 3 is 1.35 bits per heavy atom. The van der Waals surface area contributed by atoms with Crippen molar-refractivity contribution in [3.05, 3.63) is 200 Å². The second kappa shape index (κ2) is 47.9. The summed E-state index contributed by atoms with van der Waals surface area (Å²) in [6, 6.07) is 58.2.